The topological polar surface area (TPSA) is 39.1 Å². The summed E-state index contributed by atoms with van der Waals surface area (Å²) in [5, 5.41) is 3.31. The van der Waals surface area contributed by atoms with Gasteiger partial charge in [-0.15, -0.1) is 0 Å². The van der Waals surface area contributed by atoms with Crippen LogP contribution in [0.1, 0.15) is 12.2 Å². The average Bonchev–Trinajstić information content (AvgIpc) is 2.58. The van der Waals surface area contributed by atoms with Gasteiger partial charge in [0, 0.05) is 39.5 Å². The number of hydrogen-bond donors (Lipinski definition) is 1. The van der Waals surface area contributed by atoms with E-state index in [1.165, 1.54) is 0 Å². The molecule has 1 N–H and O–H groups in total. The van der Waals surface area contributed by atoms with Crippen LogP contribution < -0.4 is 5.32 Å². The van der Waals surface area contributed by atoms with Crippen LogP contribution in [-0.2, 0) is 18.2 Å². The molecule has 0 aliphatic carbocycles. The lowest BCUT2D eigenvalue weighted by Crippen LogP contribution is -2.20. The van der Waals surface area contributed by atoms with E-state index in [0.29, 0.717) is 0 Å². The lowest BCUT2D eigenvalue weighted by Gasteiger charge is -2.04. The predicted molar refractivity (Wildman–Crippen MR) is 56.3 cm³/mol. The number of methoxy groups -OCH3 is 1. The van der Waals surface area contributed by atoms with Crippen molar-refractivity contribution < 1.29 is 4.74 Å². The van der Waals surface area contributed by atoms with Crippen LogP contribution in [0.3, 0.4) is 0 Å². The Bertz CT molecular complexity index is 247. The maximum absolute atomic E-state index is 4.93. The van der Waals surface area contributed by atoms with Gasteiger partial charge in [0.05, 0.1) is 6.61 Å². The van der Waals surface area contributed by atoms with Gasteiger partial charge in [0.1, 0.15) is 5.82 Å². The largest absolute Gasteiger partial charge is 0.383 e. The molecule has 0 amide bonds. The monoisotopic (exact) mass is 197 g/mol. The fraction of sp³-hybridized carbons (Fsp3) is 0.700. The average molecular weight is 197 g/mol. The van der Waals surface area contributed by atoms with Crippen LogP contribution in [0, 0.1) is 0 Å². The van der Waals surface area contributed by atoms with Crippen molar-refractivity contribution in [2.24, 2.45) is 7.05 Å². The van der Waals surface area contributed by atoms with E-state index in [0.717, 1.165) is 38.4 Å². The molecule has 0 atom stereocenters. The number of aromatic nitrogens is 2. The van der Waals surface area contributed by atoms with Gasteiger partial charge in [-0.2, -0.15) is 0 Å². The van der Waals surface area contributed by atoms with Gasteiger partial charge < -0.3 is 14.6 Å². The lowest BCUT2D eigenvalue weighted by molar-refractivity contribution is 0.199. The zero-order chi connectivity index (χ0) is 10.2. The summed E-state index contributed by atoms with van der Waals surface area (Å²) in [5.41, 5.74) is 0. The highest BCUT2D eigenvalue weighted by molar-refractivity contribution is 4.90. The summed E-state index contributed by atoms with van der Waals surface area (Å²) >= 11 is 0. The van der Waals surface area contributed by atoms with E-state index >= 15 is 0 Å². The third-order valence-electron chi connectivity index (χ3n) is 2.16. The maximum Gasteiger partial charge on any atom is 0.108 e. The van der Waals surface area contributed by atoms with Gasteiger partial charge in [-0.1, -0.05) is 0 Å². The zero-order valence-corrected chi connectivity index (χ0v) is 8.99. The number of ether oxygens (including phenoxy) is 1. The highest BCUT2D eigenvalue weighted by atomic mass is 16.5. The van der Waals surface area contributed by atoms with Gasteiger partial charge >= 0.3 is 0 Å². The standard InChI is InChI=1S/C10H19N3O/c1-13-8-6-12-10(13)4-3-5-11-7-9-14-2/h6,8,11H,3-5,7,9H2,1-2H3. The Morgan fingerprint density at radius 2 is 2.36 bits per heavy atom. The van der Waals surface area contributed by atoms with Crippen LogP contribution in [-0.4, -0.2) is 36.4 Å². The normalized spacial score (nSPS) is 10.7. The van der Waals surface area contributed by atoms with Gasteiger partial charge in [-0.3, -0.25) is 0 Å². The van der Waals surface area contributed by atoms with E-state index in [-0.39, 0.29) is 0 Å². The molecule has 1 aromatic heterocycles. The molecule has 0 fully saturated rings. The van der Waals surface area contributed by atoms with E-state index < -0.39 is 0 Å². The van der Waals surface area contributed by atoms with Gasteiger partial charge in [0.15, 0.2) is 0 Å². The second kappa shape index (κ2) is 6.56. The minimum atomic E-state index is 0.780. The summed E-state index contributed by atoms with van der Waals surface area (Å²) in [7, 11) is 3.75. The number of nitrogens with zero attached hydrogens (tertiary/aromatic N) is 2. The van der Waals surface area contributed by atoms with Crippen molar-refractivity contribution in [1.29, 1.82) is 0 Å². The maximum atomic E-state index is 4.93. The van der Waals surface area contributed by atoms with Crippen molar-refractivity contribution in [3.8, 4) is 0 Å². The van der Waals surface area contributed by atoms with E-state index in [2.05, 4.69) is 14.9 Å². The van der Waals surface area contributed by atoms with Crippen LogP contribution in [0.4, 0.5) is 0 Å². The third-order valence-corrected chi connectivity index (χ3v) is 2.16. The van der Waals surface area contributed by atoms with Crippen LogP contribution >= 0.6 is 0 Å². The molecule has 1 rings (SSSR count). The molecule has 0 radical (unpaired) electrons. The molecule has 4 heteroatoms. The fourth-order valence-corrected chi connectivity index (χ4v) is 1.31. The third kappa shape index (κ3) is 3.89. The summed E-state index contributed by atoms with van der Waals surface area (Å²) < 4.78 is 7.00. The van der Waals surface area contributed by atoms with E-state index in [1.54, 1.807) is 7.11 Å². The molecular formula is C10H19N3O. The SMILES string of the molecule is COCCNCCCc1nccn1C. The molecular weight excluding hydrogens is 178 g/mol. The Morgan fingerprint density at radius 1 is 1.50 bits per heavy atom. The minimum absolute atomic E-state index is 0.780. The molecule has 1 aromatic rings. The van der Waals surface area contributed by atoms with Crippen LogP contribution in [0.5, 0.6) is 0 Å². The van der Waals surface area contributed by atoms with Gasteiger partial charge in [-0.25, -0.2) is 4.98 Å². The Morgan fingerprint density at radius 3 is 3.00 bits per heavy atom. The summed E-state index contributed by atoms with van der Waals surface area (Å²) in [6.07, 6.45) is 5.97. The fourth-order valence-electron chi connectivity index (χ4n) is 1.31. The number of aryl methyl sites for hydroxylation is 2. The van der Waals surface area contributed by atoms with Gasteiger partial charge in [0.25, 0.3) is 0 Å². The van der Waals surface area contributed by atoms with Crippen molar-refractivity contribution >= 4 is 0 Å². The molecule has 0 bridgehead atoms. The second-order valence-corrected chi connectivity index (χ2v) is 3.30. The Kier molecular flexibility index (Phi) is 5.25. The highest BCUT2D eigenvalue weighted by Gasteiger charge is 1.97. The summed E-state index contributed by atoms with van der Waals surface area (Å²) in [4.78, 5) is 4.26. The lowest BCUT2D eigenvalue weighted by atomic mass is 10.3. The van der Waals surface area contributed by atoms with Crippen LogP contribution in [0.2, 0.25) is 0 Å². The molecule has 0 aliphatic rings. The van der Waals surface area contributed by atoms with Crippen molar-refractivity contribution in [1.82, 2.24) is 14.9 Å². The van der Waals surface area contributed by atoms with Gasteiger partial charge in [-0.05, 0) is 13.0 Å². The number of imidazole rings is 1. The van der Waals surface area contributed by atoms with Crippen molar-refractivity contribution in [2.75, 3.05) is 26.8 Å². The van der Waals surface area contributed by atoms with Crippen molar-refractivity contribution in [3.05, 3.63) is 18.2 Å². The van der Waals surface area contributed by atoms with Crippen molar-refractivity contribution in [3.63, 3.8) is 0 Å². The summed E-state index contributed by atoms with van der Waals surface area (Å²) in [6, 6.07) is 0. The Labute approximate surface area is 85.3 Å². The van der Waals surface area contributed by atoms with Crippen LogP contribution in [0.15, 0.2) is 12.4 Å². The molecule has 1 heterocycles. The van der Waals surface area contributed by atoms with Gasteiger partial charge in [0.2, 0.25) is 0 Å². The number of hydrogen-bond acceptors (Lipinski definition) is 3. The highest BCUT2D eigenvalue weighted by Crippen LogP contribution is 1.97. The molecule has 0 unspecified atom stereocenters. The Hall–Kier alpha value is -0.870. The van der Waals surface area contributed by atoms with Crippen LogP contribution in [0.25, 0.3) is 0 Å². The first-order chi connectivity index (χ1) is 6.84. The molecule has 0 spiro atoms. The summed E-state index contributed by atoms with van der Waals surface area (Å²) in [5.74, 6) is 1.15. The molecule has 80 valence electrons. The molecule has 0 saturated carbocycles. The molecule has 0 saturated heterocycles. The smallest absolute Gasteiger partial charge is 0.108 e. The molecule has 0 aromatic carbocycles. The summed E-state index contributed by atoms with van der Waals surface area (Å²) in [6.45, 7) is 2.73. The molecule has 14 heavy (non-hydrogen) atoms. The quantitative estimate of drug-likeness (QED) is 0.650. The van der Waals surface area contributed by atoms with E-state index in [1.807, 2.05) is 19.4 Å². The van der Waals surface area contributed by atoms with E-state index in [9.17, 15) is 0 Å². The first-order valence-electron chi connectivity index (χ1n) is 5.00. The zero-order valence-electron chi connectivity index (χ0n) is 8.99. The minimum Gasteiger partial charge on any atom is -0.383 e. The second-order valence-electron chi connectivity index (χ2n) is 3.30. The first-order valence-corrected chi connectivity index (χ1v) is 5.00. The molecule has 0 aliphatic heterocycles. The predicted octanol–water partition coefficient (Wildman–Crippen LogP) is 0.589. The number of rotatable bonds is 7. The van der Waals surface area contributed by atoms with E-state index in [4.69, 9.17) is 4.74 Å². The number of nitrogens with one attached hydrogen (secondary N) is 1. The molecule has 4 nitrogen and oxygen atoms in total. The first kappa shape index (κ1) is 11.2. The van der Waals surface area contributed by atoms with Crippen molar-refractivity contribution in [2.45, 2.75) is 12.8 Å². The Balaban J connectivity index is 2.02.